The Kier molecular flexibility index (Phi) is 4.60. The number of hydrogen-bond donors (Lipinski definition) is 0. The van der Waals surface area contributed by atoms with Crippen LogP contribution in [0.25, 0.3) is 10.8 Å². The molecule has 0 aliphatic rings. The summed E-state index contributed by atoms with van der Waals surface area (Å²) >= 11 is 19.7. The predicted molar refractivity (Wildman–Crippen MR) is 98.9 cm³/mol. The van der Waals surface area contributed by atoms with Crippen molar-refractivity contribution in [1.29, 1.82) is 0 Å². The minimum atomic E-state index is 0.0604. The molecule has 0 nitrogen and oxygen atoms in total. The van der Waals surface area contributed by atoms with E-state index >= 15 is 0 Å². The van der Waals surface area contributed by atoms with Gasteiger partial charge < -0.3 is 0 Å². The molecule has 0 aromatic heterocycles. The molecule has 0 saturated carbocycles. The first-order valence-electron chi connectivity index (χ1n) is 6.34. The average molecular weight is 445 g/mol. The third-order valence-corrected chi connectivity index (χ3v) is 6.00. The second-order valence-electron chi connectivity index (χ2n) is 4.72. The Labute approximate surface area is 150 Å². The fraction of sp³-hybridized carbons (Fsp3) is 0.0588. The highest BCUT2D eigenvalue weighted by Crippen LogP contribution is 2.39. The fourth-order valence-corrected chi connectivity index (χ4v) is 3.70. The number of benzene rings is 3. The van der Waals surface area contributed by atoms with Crippen LogP contribution in [0.5, 0.6) is 0 Å². The average Bonchev–Trinajstić information content (AvgIpc) is 2.50. The Bertz CT molecular complexity index is 815. The molecule has 0 amide bonds. The van der Waals surface area contributed by atoms with Crippen LogP contribution in [0.4, 0.5) is 0 Å². The molecule has 0 heterocycles. The van der Waals surface area contributed by atoms with Gasteiger partial charge in [-0.15, -0.1) is 0 Å². The van der Waals surface area contributed by atoms with E-state index in [4.69, 9.17) is 23.2 Å². The van der Waals surface area contributed by atoms with Crippen molar-refractivity contribution in [2.45, 2.75) is 4.83 Å². The van der Waals surface area contributed by atoms with Gasteiger partial charge in [0.1, 0.15) is 0 Å². The molecule has 0 saturated heterocycles. The summed E-state index contributed by atoms with van der Waals surface area (Å²) in [5, 5.41) is 3.67. The molecule has 21 heavy (non-hydrogen) atoms. The van der Waals surface area contributed by atoms with Gasteiger partial charge >= 0.3 is 0 Å². The first kappa shape index (κ1) is 15.4. The summed E-state index contributed by atoms with van der Waals surface area (Å²) in [6, 6.07) is 18.1. The van der Waals surface area contributed by atoms with Gasteiger partial charge in [-0.05, 0) is 50.6 Å². The van der Waals surface area contributed by atoms with E-state index < -0.39 is 0 Å². The molecule has 3 aromatic carbocycles. The maximum Gasteiger partial charge on any atom is 0.0651 e. The molecule has 106 valence electrons. The van der Waals surface area contributed by atoms with E-state index in [0.29, 0.717) is 5.02 Å². The number of fused-ring (bicyclic) bond motifs is 1. The van der Waals surface area contributed by atoms with Crippen molar-refractivity contribution in [3.05, 3.63) is 80.2 Å². The van der Waals surface area contributed by atoms with E-state index in [0.717, 1.165) is 25.8 Å². The van der Waals surface area contributed by atoms with Crippen LogP contribution in [0.15, 0.2) is 59.1 Å². The van der Waals surface area contributed by atoms with Gasteiger partial charge in [-0.1, -0.05) is 75.5 Å². The van der Waals surface area contributed by atoms with E-state index in [-0.39, 0.29) is 4.83 Å². The van der Waals surface area contributed by atoms with Crippen molar-refractivity contribution in [3.8, 4) is 0 Å². The molecule has 0 N–H and O–H groups in total. The molecule has 4 heteroatoms. The van der Waals surface area contributed by atoms with E-state index in [1.165, 1.54) is 5.56 Å². The lowest BCUT2D eigenvalue weighted by molar-refractivity contribution is 1.20. The molecule has 3 rings (SSSR count). The third kappa shape index (κ3) is 3.00. The zero-order valence-corrected chi connectivity index (χ0v) is 15.5. The van der Waals surface area contributed by atoms with Crippen molar-refractivity contribution in [1.82, 2.24) is 0 Å². The van der Waals surface area contributed by atoms with Gasteiger partial charge in [0.05, 0.1) is 9.85 Å². The molecule has 1 atom stereocenters. The van der Waals surface area contributed by atoms with Gasteiger partial charge in [0.15, 0.2) is 0 Å². The first-order chi connectivity index (χ1) is 10.1. The molecule has 0 spiro atoms. The Hall–Kier alpha value is -0.540. The van der Waals surface area contributed by atoms with Gasteiger partial charge in [-0.3, -0.25) is 0 Å². The molecule has 0 bridgehead atoms. The lowest BCUT2D eigenvalue weighted by Gasteiger charge is -2.15. The topological polar surface area (TPSA) is 0 Å². The summed E-state index contributed by atoms with van der Waals surface area (Å²) in [4.78, 5) is 0.0604. The van der Waals surface area contributed by atoms with E-state index in [2.05, 4.69) is 50.1 Å². The van der Waals surface area contributed by atoms with Crippen molar-refractivity contribution < 1.29 is 0 Å². The molecule has 0 aliphatic heterocycles. The van der Waals surface area contributed by atoms with Crippen LogP contribution in [0.1, 0.15) is 16.0 Å². The van der Waals surface area contributed by atoms with Crippen molar-refractivity contribution in [2.75, 3.05) is 0 Å². The van der Waals surface area contributed by atoms with Gasteiger partial charge in [-0.2, -0.15) is 0 Å². The number of alkyl halides is 1. The molecular formula is C17H10Br2Cl2. The quantitative estimate of drug-likeness (QED) is 0.361. The second-order valence-corrected chi connectivity index (χ2v) is 7.30. The fourth-order valence-electron chi connectivity index (χ4n) is 2.36. The summed E-state index contributed by atoms with van der Waals surface area (Å²) in [5.41, 5.74) is 2.28. The Morgan fingerprint density at radius 3 is 2.24 bits per heavy atom. The molecular weight excluding hydrogens is 435 g/mol. The van der Waals surface area contributed by atoms with Gasteiger partial charge in [0.2, 0.25) is 0 Å². The van der Waals surface area contributed by atoms with Crippen LogP contribution in [0.3, 0.4) is 0 Å². The zero-order valence-electron chi connectivity index (χ0n) is 10.8. The highest BCUT2D eigenvalue weighted by Gasteiger charge is 2.15. The van der Waals surface area contributed by atoms with E-state index in [9.17, 15) is 0 Å². The monoisotopic (exact) mass is 442 g/mol. The molecule has 1 unspecified atom stereocenters. The summed E-state index contributed by atoms with van der Waals surface area (Å²) in [6.45, 7) is 0. The summed E-state index contributed by atoms with van der Waals surface area (Å²) in [7, 11) is 0. The maximum absolute atomic E-state index is 6.28. The lowest BCUT2D eigenvalue weighted by Crippen LogP contribution is -1.94. The van der Waals surface area contributed by atoms with E-state index in [1.54, 1.807) is 0 Å². The highest BCUT2D eigenvalue weighted by atomic mass is 79.9. The van der Waals surface area contributed by atoms with Crippen LogP contribution in [0.2, 0.25) is 10.0 Å². The number of rotatable bonds is 2. The summed E-state index contributed by atoms with van der Waals surface area (Å²) in [6.07, 6.45) is 0. The zero-order chi connectivity index (χ0) is 15.0. The maximum atomic E-state index is 6.28. The summed E-state index contributed by atoms with van der Waals surface area (Å²) < 4.78 is 0.897. The Morgan fingerprint density at radius 1 is 0.810 bits per heavy atom. The first-order valence-corrected chi connectivity index (χ1v) is 8.80. The predicted octanol–water partition coefficient (Wildman–Crippen LogP) is 7.39. The summed E-state index contributed by atoms with van der Waals surface area (Å²) in [5.74, 6) is 0. The standard InChI is InChI=1S/C17H10Br2Cl2/c18-14-7-5-10(9-16(14)21)17(19)13-6-8-15(20)12-4-2-1-3-11(12)13/h1-9,17H. The van der Waals surface area contributed by atoms with Gasteiger partial charge in [-0.25, -0.2) is 0 Å². The largest absolute Gasteiger partial charge is 0.0837 e. The minimum Gasteiger partial charge on any atom is -0.0837 e. The minimum absolute atomic E-state index is 0.0604. The molecule has 0 radical (unpaired) electrons. The molecule has 3 aromatic rings. The second kappa shape index (κ2) is 6.29. The van der Waals surface area contributed by atoms with Crippen LogP contribution >= 0.6 is 55.1 Å². The van der Waals surface area contributed by atoms with Crippen molar-refractivity contribution in [3.63, 3.8) is 0 Å². The van der Waals surface area contributed by atoms with Crippen molar-refractivity contribution in [2.24, 2.45) is 0 Å². The van der Waals surface area contributed by atoms with Crippen LogP contribution in [-0.4, -0.2) is 0 Å². The van der Waals surface area contributed by atoms with Gasteiger partial charge in [0, 0.05) is 14.9 Å². The Balaban J connectivity index is 2.15. The van der Waals surface area contributed by atoms with Crippen LogP contribution in [-0.2, 0) is 0 Å². The van der Waals surface area contributed by atoms with Crippen LogP contribution < -0.4 is 0 Å². The Morgan fingerprint density at radius 2 is 1.52 bits per heavy atom. The third-order valence-electron chi connectivity index (χ3n) is 3.41. The smallest absolute Gasteiger partial charge is 0.0651 e. The highest BCUT2D eigenvalue weighted by molar-refractivity contribution is 9.10. The number of hydrogen-bond acceptors (Lipinski definition) is 0. The van der Waals surface area contributed by atoms with Crippen molar-refractivity contribution >= 4 is 65.8 Å². The van der Waals surface area contributed by atoms with Crippen LogP contribution in [0, 0.1) is 0 Å². The normalized spacial score (nSPS) is 12.6. The van der Waals surface area contributed by atoms with Gasteiger partial charge in [0.25, 0.3) is 0 Å². The van der Waals surface area contributed by atoms with E-state index in [1.807, 2.05) is 36.4 Å². The SMILES string of the molecule is Clc1cc(C(Br)c2ccc(Cl)c3ccccc23)ccc1Br. The molecule has 0 aliphatic carbocycles. The lowest BCUT2D eigenvalue weighted by atomic mass is 9.98. The number of halogens is 4. The molecule has 0 fully saturated rings.